The molecule has 0 heterocycles. The number of ether oxygens (including phenoxy) is 1. The Kier molecular flexibility index (Phi) is 3.84. The van der Waals surface area contributed by atoms with Gasteiger partial charge >= 0.3 is 0 Å². The molecule has 0 aromatic heterocycles. The van der Waals surface area contributed by atoms with Gasteiger partial charge in [-0.1, -0.05) is 17.7 Å². The van der Waals surface area contributed by atoms with Crippen LogP contribution in [-0.4, -0.2) is 4.92 Å². The summed E-state index contributed by atoms with van der Waals surface area (Å²) in [5.74, 6) is 1.06. The number of non-ortho nitro benzene ring substituents is 1. The van der Waals surface area contributed by atoms with Gasteiger partial charge in [0.2, 0.25) is 0 Å². The second-order valence-electron chi connectivity index (χ2n) is 3.41. The van der Waals surface area contributed by atoms with Gasteiger partial charge in [-0.25, -0.2) is 0 Å². The first kappa shape index (κ1) is 12.9. The smallest absolute Gasteiger partial charge is 0.269 e. The molecule has 0 unspecified atom stereocenters. The van der Waals surface area contributed by atoms with E-state index < -0.39 is 4.92 Å². The van der Waals surface area contributed by atoms with Crippen LogP contribution in [0.2, 0.25) is 5.02 Å². The molecular formula is C12H7BrClNO3. The summed E-state index contributed by atoms with van der Waals surface area (Å²) in [4.78, 5) is 10.0. The normalized spacial score (nSPS) is 10.1. The molecule has 6 heteroatoms. The number of nitro groups is 1. The van der Waals surface area contributed by atoms with Crippen LogP contribution in [0.4, 0.5) is 5.69 Å². The summed E-state index contributed by atoms with van der Waals surface area (Å²) >= 11 is 9.24. The van der Waals surface area contributed by atoms with Crippen LogP contribution >= 0.6 is 27.5 Å². The SMILES string of the molecule is O=[N+]([O-])c1ccc(Oc2cccc(Cl)c2Br)cc1. The number of halogens is 2. The van der Waals surface area contributed by atoms with Crippen LogP contribution in [0.1, 0.15) is 0 Å². The summed E-state index contributed by atoms with van der Waals surface area (Å²) in [6, 6.07) is 11.1. The Balaban J connectivity index is 2.24. The van der Waals surface area contributed by atoms with E-state index in [2.05, 4.69) is 15.9 Å². The Morgan fingerprint density at radius 3 is 2.44 bits per heavy atom. The lowest BCUT2D eigenvalue weighted by Gasteiger charge is -2.08. The molecule has 0 atom stereocenters. The Morgan fingerprint density at radius 1 is 1.17 bits per heavy atom. The summed E-state index contributed by atoms with van der Waals surface area (Å²) in [6.45, 7) is 0. The molecule has 0 radical (unpaired) electrons. The molecule has 92 valence electrons. The van der Waals surface area contributed by atoms with E-state index in [0.29, 0.717) is 21.0 Å². The van der Waals surface area contributed by atoms with Crippen molar-refractivity contribution in [1.29, 1.82) is 0 Å². The lowest BCUT2D eigenvalue weighted by Crippen LogP contribution is -1.89. The van der Waals surface area contributed by atoms with Gasteiger partial charge < -0.3 is 4.74 Å². The van der Waals surface area contributed by atoms with Gasteiger partial charge in [-0.3, -0.25) is 10.1 Å². The minimum Gasteiger partial charge on any atom is -0.456 e. The lowest BCUT2D eigenvalue weighted by atomic mass is 10.3. The number of nitro benzene ring substituents is 1. The van der Waals surface area contributed by atoms with Crippen molar-refractivity contribution in [2.24, 2.45) is 0 Å². The Labute approximate surface area is 116 Å². The molecule has 2 aromatic carbocycles. The van der Waals surface area contributed by atoms with Crippen molar-refractivity contribution >= 4 is 33.2 Å². The largest absolute Gasteiger partial charge is 0.456 e. The maximum atomic E-state index is 10.5. The molecule has 2 aromatic rings. The average Bonchev–Trinajstić information content (AvgIpc) is 2.36. The molecule has 4 nitrogen and oxygen atoms in total. The van der Waals surface area contributed by atoms with E-state index in [1.54, 1.807) is 18.2 Å². The first-order valence-electron chi connectivity index (χ1n) is 4.94. The van der Waals surface area contributed by atoms with E-state index in [-0.39, 0.29) is 5.69 Å². The van der Waals surface area contributed by atoms with Gasteiger partial charge in [0.05, 0.1) is 14.4 Å². The van der Waals surface area contributed by atoms with Crippen LogP contribution in [0.15, 0.2) is 46.9 Å². The summed E-state index contributed by atoms with van der Waals surface area (Å²) in [6.07, 6.45) is 0. The zero-order valence-corrected chi connectivity index (χ0v) is 11.3. The highest BCUT2D eigenvalue weighted by Gasteiger charge is 2.08. The maximum Gasteiger partial charge on any atom is 0.269 e. The first-order chi connectivity index (χ1) is 8.58. The van der Waals surface area contributed by atoms with Crippen molar-refractivity contribution in [2.75, 3.05) is 0 Å². The molecule has 0 aliphatic rings. The molecule has 0 spiro atoms. The second-order valence-corrected chi connectivity index (χ2v) is 4.61. The topological polar surface area (TPSA) is 52.4 Å². The van der Waals surface area contributed by atoms with Crippen molar-refractivity contribution < 1.29 is 9.66 Å². The van der Waals surface area contributed by atoms with Crippen molar-refractivity contribution in [3.8, 4) is 11.5 Å². The van der Waals surface area contributed by atoms with E-state index >= 15 is 0 Å². The van der Waals surface area contributed by atoms with E-state index in [0.717, 1.165) is 0 Å². The van der Waals surface area contributed by atoms with Crippen LogP contribution in [-0.2, 0) is 0 Å². The first-order valence-corrected chi connectivity index (χ1v) is 6.11. The molecule has 0 fully saturated rings. The molecule has 0 aliphatic carbocycles. The second kappa shape index (κ2) is 5.37. The summed E-state index contributed by atoms with van der Waals surface area (Å²) in [5, 5.41) is 11.0. The van der Waals surface area contributed by atoms with Crippen LogP contribution in [0.3, 0.4) is 0 Å². The fourth-order valence-corrected chi connectivity index (χ4v) is 1.84. The zero-order valence-electron chi connectivity index (χ0n) is 8.97. The van der Waals surface area contributed by atoms with Gasteiger partial charge in [-0.2, -0.15) is 0 Å². The number of benzene rings is 2. The van der Waals surface area contributed by atoms with E-state index in [1.807, 2.05) is 0 Å². The molecule has 0 saturated heterocycles. The van der Waals surface area contributed by atoms with Crippen LogP contribution in [0.5, 0.6) is 11.5 Å². The standard InChI is InChI=1S/C12H7BrClNO3/c13-12-10(14)2-1-3-11(12)18-9-6-4-8(5-7-9)15(16)17/h1-7H. The maximum absolute atomic E-state index is 10.5. The molecule has 0 aliphatic heterocycles. The van der Waals surface area contributed by atoms with Crippen LogP contribution in [0, 0.1) is 10.1 Å². The summed E-state index contributed by atoms with van der Waals surface area (Å²) < 4.78 is 6.21. The van der Waals surface area contributed by atoms with E-state index in [1.165, 1.54) is 24.3 Å². The third-order valence-corrected chi connectivity index (χ3v) is 3.55. The summed E-state index contributed by atoms with van der Waals surface area (Å²) in [7, 11) is 0. The molecule has 0 bridgehead atoms. The molecule has 18 heavy (non-hydrogen) atoms. The molecule has 0 N–H and O–H groups in total. The van der Waals surface area contributed by atoms with Gasteiger partial charge in [0, 0.05) is 12.1 Å². The Hall–Kier alpha value is -1.59. The highest BCUT2D eigenvalue weighted by Crippen LogP contribution is 2.35. The van der Waals surface area contributed by atoms with Crippen molar-refractivity contribution in [1.82, 2.24) is 0 Å². The zero-order chi connectivity index (χ0) is 13.1. The third-order valence-electron chi connectivity index (χ3n) is 2.19. The van der Waals surface area contributed by atoms with Gasteiger partial charge in [0.25, 0.3) is 5.69 Å². The number of hydrogen-bond donors (Lipinski definition) is 0. The quantitative estimate of drug-likeness (QED) is 0.600. The fourth-order valence-electron chi connectivity index (χ4n) is 1.33. The highest BCUT2D eigenvalue weighted by molar-refractivity contribution is 9.10. The van der Waals surface area contributed by atoms with E-state index in [4.69, 9.17) is 16.3 Å². The average molecular weight is 329 g/mol. The molecule has 0 amide bonds. The Bertz CT molecular complexity index is 586. The monoisotopic (exact) mass is 327 g/mol. The van der Waals surface area contributed by atoms with Gasteiger partial charge in [-0.15, -0.1) is 0 Å². The van der Waals surface area contributed by atoms with Crippen LogP contribution < -0.4 is 4.74 Å². The molecule has 2 rings (SSSR count). The van der Waals surface area contributed by atoms with Crippen LogP contribution in [0.25, 0.3) is 0 Å². The van der Waals surface area contributed by atoms with Gasteiger partial charge in [0.1, 0.15) is 11.5 Å². The number of hydrogen-bond acceptors (Lipinski definition) is 3. The predicted molar refractivity (Wildman–Crippen MR) is 72.3 cm³/mol. The van der Waals surface area contributed by atoms with Gasteiger partial charge in [-0.05, 0) is 40.2 Å². The lowest BCUT2D eigenvalue weighted by molar-refractivity contribution is -0.384. The van der Waals surface area contributed by atoms with Crippen molar-refractivity contribution in [3.05, 3.63) is 62.1 Å². The number of nitrogens with zero attached hydrogens (tertiary/aromatic N) is 1. The highest BCUT2D eigenvalue weighted by atomic mass is 79.9. The minimum atomic E-state index is -0.459. The fraction of sp³-hybridized carbons (Fsp3) is 0. The number of rotatable bonds is 3. The van der Waals surface area contributed by atoms with Crippen molar-refractivity contribution in [3.63, 3.8) is 0 Å². The Morgan fingerprint density at radius 2 is 1.83 bits per heavy atom. The summed E-state index contributed by atoms with van der Waals surface area (Å²) in [5.41, 5.74) is 0.0208. The van der Waals surface area contributed by atoms with Gasteiger partial charge in [0.15, 0.2) is 0 Å². The van der Waals surface area contributed by atoms with Crippen molar-refractivity contribution in [2.45, 2.75) is 0 Å². The third kappa shape index (κ3) is 2.80. The van der Waals surface area contributed by atoms with E-state index in [9.17, 15) is 10.1 Å². The minimum absolute atomic E-state index is 0.0208. The molecule has 0 saturated carbocycles. The predicted octanol–water partition coefficient (Wildman–Crippen LogP) is 4.80. The molecular weight excluding hydrogens is 321 g/mol.